The topological polar surface area (TPSA) is 4.93 Å². The molecular formula is C27H23N. The van der Waals surface area contributed by atoms with Gasteiger partial charge in [-0.1, -0.05) is 96.6 Å². The third-order valence-electron chi connectivity index (χ3n) is 5.66. The Hall–Kier alpha value is -3.32. The summed E-state index contributed by atoms with van der Waals surface area (Å²) in [5, 5.41) is 2.64. The van der Waals surface area contributed by atoms with E-state index in [1.165, 1.54) is 38.5 Å². The monoisotopic (exact) mass is 361 g/mol. The molecule has 0 aliphatic rings. The van der Waals surface area contributed by atoms with E-state index >= 15 is 0 Å². The van der Waals surface area contributed by atoms with Crippen molar-refractivity contribution in [2.45, 2.75) is 19.4 Å². The van der Waals surface area contributed by atoms with E-state index in [1.807, 2.05) is 0 Å². The van der Waals surface area contributed by atoms with Crippen LogP contribution in [0.2, 0.25) is 0 Å². The molecule has 1 heterocycles. The standard InChI is InChI=1S/C27H23N/c1-20-15-17-22(18-16-20)27(19-21-9-3-2-4-10-21)28-25-13-7-5-11-23(25)24-12-6-8-14-26(24)28/h2-18,27H,19H2,1H3. The smallest absolute Gasteiger partial charge is 0.0632 e. The van der Waals surface area contributed by atoms with Crippen molar-refractivity contribution in [3.05, 3.63) is 120 Å². The normalized spacial score (nSPS) is 12.5. The van der Waals surface area contributed by atoms with Crippen molar-refractivity contribution >= 4 is 21.8 Å². The molecule has 0 fully saturated rings. The second kappa shape index (κ2) is 7.01. The lowest BCUT2D eigenvalue weighted by molar-refractivity contribution is 0.618. The van der Waals surface area contributed by atoms with Gasteiger partial charge in [0.2, 0.25) is 0 Å². The zero-order valence-corrected chi connectivity index (χ0v) is 16.0. The second-order valence-corrected chi connectivity index (χ2v) is 7.52. The molecule has 4 aromatic carbocycles. The molecule has 0 aliphatic heterocycles. The fraction of sp³-hybridized carbons (Fsp3) is 0.111. The Morgan fingerprint density at radius 1 is 0.607 bits per heavy atom. The van der Waals surface area contributed by atoms with Crippen LogP contribution in [-0.2, 0) is 6.42 Å². The highest BCUT2D eigenvalue weighted by molar-refractivity contribution is 6.08. The molecule has 28 heavy (non-hydrogen) atoms. The third kappa shape index (κ3) is 2.90. The average Bonchev–Trinajstić information content (AvgIpc) is 3.08. The summed E-state index contributed by atoms with van der Waals surface area (Å²) in [6, 6.07) is 37.6. The predicted octanol–water partition coefficient (Wildman–Crippen LogP) is 6.94. The van der Waals surface area contributed by atoms with Gasteiger partial charge in [0.25, 0.3) is 0 Å². The van der Waals surface area contributed by atoms with Gasteiger partial charge in [-0.2, -0.15) is 0 Å². The van der Waals surface area contributed by atoms with Gasteiger partial charge in [-0.25, -0.2) is 0 Å². The molecular weight excluding hydrogens is 338 g/mol. The Bertz CT molecular complexity index is 1180. The summed E-state index contributed by atoms with van der Waals surface area (Å²) in [7, 11) is 0. The van der Waals surface area contributed by atoms with Crippen LogP contribution >= 0.6 is 0 Å². The minimum atomic E-state index is 0.243. The molecule has 5 aromatic rings. The maximum atomic E-state index is 2.53. The van der Waals surface area contributed by atoms with Crippen LogP contribution in [-0.4, -0.2) is 4.57 Å². The van der Waals surface area contributed by atoms with E-state index in [2.05, 4.69) is 115 Å². The maximum Gasteiger partial charge on any atom is 0.0632 e. The molecule has 0 aliphatic carbocycles. The van der Waals surface area contributed by atoms with Gasteiger partial charge in [0.15, 0.2) is 0 Å². The summed E-state index contributed by atoms with van der Waals surface area (Å²) in [4.78, 5) is 0. The van der Waals surface area contributed by atoms with Crippen LogP contribution in [0, 0.1) is 6.92 Å². The molecule has 1 aromatic heterocycles. The summed E-state index contributed by atoms with van der Waals surface area (Å²) in [5.41, 5.74) is 6.59. The van der Waals surface area contributed by atoms with Crippen molar-refractivity contribution in [1.29, 1.82) is 0 Å². The molecule has 1 atom stereocenters. The molecule has 136 valence electrons. The predicted molar refractivity (Wildman–Crippen MR) is 119 cm³/mol. The largest absolute Gasteiger partial charge is 0.332 e. The molecule has 1 heteroatoms. The number of aromatic nitrogens is 1. The maximum absolute atomic E-state index is 2.53. The number of hydrogen-bond donors (Lipinski definition) is 0. The lowest BCUT2D eigenvalue weighted by Gasteiger charge is -2.23. The van der Waals surface area contributed by atoms with Gasteiger partial charge in [0.05, 0.1) is 6.04 Å². The highest BCUT2D eigenvalue weighted by atomic mass is 15.0. The summed E-state index contributed by atoms with van der Waals surface area (Å²) in [6.45, 7) is 2.15. The fourth-order valence-electron chi connectivity index (χ4n) is 4.27. The van der Waals surface area contributed by atoms with Gasteiger partial charge >= 0.3 is 0 Å². The zero-order chi connectivity index (χ0) is 18.9. The molecule has 0 radical (unpaired) electrons. The number of hydrogen-bond acceptors (Lipinski definition) is 0. The van der Waals surface area contributed by atoms with E-state index in [-0.39, 0.29) is 6.04 Å². The molecule has 1 nitrogen and oxygen atoms in total. The third-order valence-corrected chi connectivity index (χ3v) is 5.66. The van der Waals surface area contributed by atoms with Gasteiger partial charge in [-0.15, -0.1) is 0 Å². The highest BCUT2D eigenvalue weighted by Gasteiger charge is 2.20. The first kappa shape index (κ1) is 16.8. The molecule has 0 saturated heterocycles. The van der Waals surface area contributed by atoms with Gasteiger partial charge in [0, 0.05) is 21.8 Å². The number of fused-ring (bicyclic) bond motifs is 3. The number of benzene rings is 4. The number of aryl methyl sites for hydroxylation is 1. The number of para-hydroxylation sites is 2. The van der Waals surface area contributed by atoms with Crippen LogP contribution in [0.15, 0.2) is 103 Å². The molecule has 0 bridgehead atoms. The van der Waals surface area contributed by atoms with Crippen LogP contribution < -0.4 is 0 Å². The van der Waals surface area contributed by atoms with Crippen LogP contribution in [0.4, 0.5) is 0 Å². The first-order valence-electron chi connectivity index (χ1n) is 9.89. The Kier molecular flexibility index (Phi) is 4.21. The van der Waals surface area contributed by atoms with Gasteiger partial charge < -0.3 is 4.57 Å². The van der Waals surface area contributed by atoms with E-state index < -0.39 is 0 Å². The number of rotatable bonds is 4. The van der Waals surface area contributed by atoms with Crippen molar-refractivity contribution in [3.63, 3.8) is 0 Å². The molecule has 0 amide bonds. The van der Waals surface area contributed by atoms with Crippen molar-refractivity contribution in [1.82, 2.24) is 4.57 Å². The van der Waals surface area contributed by atoms with E-state index in [4.69, 9.17) is 0 Å². The molecule has 5 rings (SSSR count). The lowest BCUT2D eigenvalue weighted by atomic mass is 9.97. The summed E-state index contributed by atoms with van der Waals surface area (Å²) < 4.78 is 2.53. The molecule has 1 unspecified atom stereocenters. The quantitative estimate of drug-likeness (QED) is 0.327. The van der Waals surface area contributed by atoms with Crippen molar-refractivity contribution in [2.75, 3.05) is 0 Å². The first-order valence-corrected chi connectivity index (χ1v) is 9.89. The van der Waals surface area contributed by atoms with E-state index in [1.54, 1.807) is 0 Å². The highest BCUT2D eigenvalue weighted by Crippen LogP contribution is 2.35. The van der Waals surface area contributed by atoms with Crippen molar-refractivity contribution in [2.24, 2.45) is 0 Å². The van der Waals surface area contributed by atoms with E-state index in [0.29, 0.717) is 0 Å². The average molecular weight is 361 g/mol. The summed E-state index contributed by atoms with van der Waals surface area (Å²) in [6.07, 6.45) is 0.965. The Balaban J connectivity index is 1.78. The lowest BCUT2D eigenvalue weighted by Crippen LogP contribution is -2.13. The van der Waals surface area contributed by atoms with Crippen molar-refractivity contribution < 1.29 is 0 Å². The molecule has 0 N–H and O–H groups in total. The molecule has 0 saturated carbocycles. The Morgan fingerprint density at radius 3 is 1.75 bits per heavy atom. The van der Waals surface area contributed by atoms with Gasteiger partial charge in [-0.3, -0.25) is 0 Å². The SMILES string of the molecule is Cc1ccc(C(Cc2ccccc2)n2c3ccccc3c3ccccc32)cc1. The summed E-state index contributed by atoms with van der Waals surface area (Å²) in [5.74, 6) is 0. The van der Waals surface area contributed by atoms with Crippen molar-refractivity contribution in [3.8, 4) is 0 Å². The summed E-state index contributed by atoms with van der Waals surface area (Å²) >= 11 is 0. The van der Waals surface area contributed by atoms with Crippen LogP contribution in [0.3, 0.4) is 0 Å². The van der Waals surface area contributed by atoms with E-state index in [0.717, 1.165) is 6.42 Å². The Labute approximate surface area is 165 Å². The van der Waals surface area contributed by atoms with E-state index in [9.17, 15) is 0 Å². The van der Waals surface area contributed by atoms with Crippen LogP contribution in [0.1, 0.15) is 22.7 Å². The number of nitrogens with zero attached hydrogens (tertiary/aromatic N) is 1. The van der Waals surface area contributed by atoms with Gasteiger partial charge in [0.1, 0.15) is 0 Å². The van der Waals surface area contributed by atoms with Gasteiger partial charge in [-0.05, 0) is 36.6 Å². The zero-order valence-electron chi connectivity index (χ0n) is 16.0. The van der Waals surface area contributed by atoms with Crippen LogP contribution in [0.25, 0.3) is 21.8 Å². The van der Waals surface area contributed by atoms with Crippen LogP contribution in [0.5, 0.6) is 0 Å². The minimum Gasteiger partial charge on any atom is -0.332 e. The Morgan fingerprint density at radius 2 is 1.14 bits per heavy atom. The minimum absolute atomic E-state index is 0.243. The molecule has 0 spiro atoms. The second-order valence-electron chi connectivity index (χ2n) is 7.52. The first-order chi connectivity index (χ1) is 13.8. The fourth-order valence-corrected chi connectivity index (χ4v) is 4.27.